The molecule has 2 rings (SSSR count). The van der Waals surface area contributed by atoms with Crippen LogP contribution in [0, 0.1) is 6.92 Å². The molecule has 0 heterocycles. The average Bonchev–Trinajstić information content (AvgIpc) is 2.61. The first-order chi connectivity index (χ1) is 12.5. The fourth-order valence-electron chi connectivity index (χ4n) is 2.21. The quantitative estimate of drug-likeness (QED) is 0.430. The van der Waals surface area contributed by atoms with Gasteiger partial charge in [0.25, 0.3) is 0 Å². The molecule has 0 bridgehead atoms. The number of benzene rings is 2. The van der Waals surface area contributed by atoms with E-state index in [1.165, 1.54) is 44.4 Å². The Morgan fingerprint density at radius 3 is 2.11 bits per heavy atom. The molecule has 10 heteroatoms. The molecule has 0 unspecified atom stereocenters. The van der Waals surface area contributed by atoms with E-state index in [1.54, 1.807) is 12.1 Å². The van der Waals surface area contributed by atoms with Crippen molar-refractivity contribution in [3.8, 4) is 0 Å². The molecule has 0 fully saturated rings. The van der Waals surface area contributed by atoms with E-state index in [2.05, 4.69) is 4.99 Å². The molecule has 0 aliphatic heterocycles. The van der Waals surface area contributed by atoms with Gasteiger partial charge in [-0.05, 0) is 37.3 Å². The molecule has 2 aromatic rings. The molecule has 0 amide bonds. The second-order valence-corrected chi connectivity index (χ2v) is 10.3. The van der Waals surface area contributed by atoms with Gasteiger partial charge in [0, 0.05) is 14.1 Å². The predicted molar refractivity (Wildman–Crippen MR) is 106 cm³/mol. The number of hydrogen-bond donors (Lipinski definition) is 1. The van der Waals surface area contributed by atoms with Crippen molar-refractivity contribution in [2.45, 2.75) is 21.6 Å². The molecule has 0 saturated heterocycles. The Labute approximate surface area is 164 Å². The summed E-state index contributed by atoms with van der Waals surface area (Å²) in [4.78, 5) is 3.83. The normalized spacial score (nSPS) is 13.1. The number of sulfonamides is 1. The standard InChI is InChI=1S/C17H20ClN3O4S2/c1-12-4-6-13(7-5-12)26(22,23)16-9-8-14(27(24,25)21(2)3)10-15(16)20-17(19)11-18/h4-10H,11H2,1-3H3,(H2,19,20). The van der Waals surface area contributed by atoms with E-state index in [0.29, 0.717) is 0 Å². The van der Waals surface area contributed by atoms with Gasteiger partial charge in [-0.15, -0.1) is 11.6 Å². The van der Waals surface area contributed by atoms with Crippen molar-refractivity contribution in [3.63, 3.8) is 0 Å². The Balaban J connectivity index is 2.74. The van der Waals surface area contributed by atoms with Gasteiger partial charge in [-0.3, -0.25) is 0 Å². The lowest BCUT2D eigenvalue weighted by molar-refractivity contribution is 0.520. The van der Waals surface area contributed by atoms with Gasteiger partial charge in [-0.25, -0.2) is 26.1 Å². The van der Waals surface area contributed by atoms with Crippen LogP contribution in [0.25, 0.3) is 0 Å². The zero-order valence-corrected chi connectivity index (χ0v) is 17.4. The van der Waals surface area contributed by atoms with Crippen molar-refractivity contribution in [1.82, 2.24) is 4.31 Å². The minimum absolute atomic E-state index is 0.0311. The maximum Gasteiger partial charge on any atom is 0.242 e. The van der Waals surface area contributed by atoms with Gasteiger partial charge in [0.2, 0.25) is 19.9 Å². The summed E-state index contributed by atoms with van der Waals surface area (Å²) >= 11 is 5.65. The van der Waals surface area contributed by atoms with Gasteiger partial charge in [0.1, 0.15) is 5.84 Å². The SMILES string of the molecule is Cc1ccc(S(=O)(=O)c2ccc(S(=O)(=O)N(C)C)cc2N=C(N)CCl)cc1. The Kier molecular flexibility index (Phi) is 6.31. The van der Waals surface area contributed by atoms with Crippen LogP contribution in [-0.2, 0) is 19.9 Å². The van der Waals surface area contributed by atoms with Crippen LogP contribution in [-0.4, -0.2) is 47.0 Å². The number of hydrogen-bond acceptors (Lipinski definition) is 5. The van der Waals surface area contributed by atoms with Crippen LogP contribution in [0.15, 0.2) is 62.1 Å². The number of sulfone groups is 1. The first-order valence-electron chi connectivity index (χ1n) is 7.77. The van der Waals surface area contributed by atoms with E-state index in [-0.39, 0.29) is 32.1 Å². The van der Waals surface area contributed by atoms with Crippen molar-refractivity contribution in [3.05, 3.63) is 48.0 Å². The summed E-state index contributed by atoms with van der Waals surface area (Å²) < 4.78 is 51.8. The summed E-state index contributed by atoms with van der Waals surface area (Å²) in [5, 5.41) is 0. The summed E-state index contributed by atoms with van der Waals surface area (Å²) in [5.74, 6) is -0.161. The molecule has 27 heavy (non-hydrogen) atoms. The maximum absolute atomic E-state index is 13.0. The number of aliphatic imine (C=N–C) groups is 1. The third kappa shape index (κ3) is 4.49. The van der Waals surface area contributed by atoms with Gasteiger partial charge in [-0.1, -0.05) is 17.7 Å². The van der Waals surface area contributed by atoms with Crippen molar-refractivity contribution in [2.24, 2.45) is 10.7 Å². The number of nitrogens with zero attached hydrogens (tertiary/aromatic N) is 2. The third-order valence-electron chi connectivity index (χ3n) is 3.73. The summed E-state index contributed by atoms with van der Waals surface area (Å²) in [6.45, 7) is 1.84. The summed E-state index contributed by atoms with van der Waals surface area (Å²) in [6, 6.07) is 9.93. The number of halogens is 1. The molecule has 2 N–H and O–H groups in total. The van der Waals surface area contributed by atoms with E-state index in [9.17, 15) is 16.8 Å². The topological polar surface area (TPSA) is 110 Å². The first kappa shape index (κ1) is 21.4. The third-order valence-corrected chi connectivity index (χ3v) is 7.63. The summed E-state index contributed by atoms with van der Waals surface area (Å²) in [5.41, 5.74) is 6.48. The van der Waals surface area contributed by atoms with Crippen molar-refractivity contribution in [1.29, 1.82) is 0 Å². The molecule has 0 atom stereocenters. The molecule has 0 spiro atoms. The number of nitrogens with two attached hydrogens (primary N) is 1. The average molecular weight is 430 g/mol. The van der Waals surface area contributed by atoms with Crippen LogP contribution >= 0.6 is 11.6 Å². The fraction of sp³-hybridized carbons (Fsp3) is 0.235. The number of aryl methyl sites for hydroxylation is 1. The van der Waals surface area contributed by atoms with Crippen LogP contribution in [0.3, 0.4) is 0 Å². The summed E-state index contributed by atoms with van der Waals surface area (Å²) in [6.07, 6.45) is 0. The van der Waals surface area contributed by atoms with Crippen LogP contribution in [0.1, 0.15) is 5.56 Å². The molecular weight excluding hydrogens is 410 g/mol. The molecule has 0 saturated carbocycles. The van der Waals surface area contributed by atoms with Crippen molar-refractivity contribution in [2.75, 3.05) is 20.0 Å². The number of rotatable bonds is 6. The second kappa shape index (κ2) is 7.97. The molecule has 0 aliphatic rings. The van der Waals surface area contributed by atoms with Gasteiger partial charge in [-0.2, -0.15) is 0 Å². The van der Waals surface area contributed by atoms with Gasteiger partial charge in [0.15, 0.2) is 0 Å². The van der Waals surface area contributed by atoms with Crippen LogP contribution in [0.4, 0.5) is 5.69 Å². The highest BCUT2D eigenvalue weighted by molar-refractivity contribution is 7.91. The lowest BCUT2D eigenvalue weighted by Gasteiger charge is -2.14. The first-order valence-corrected chi connectivity index (χ1v) is 11.2. The molecule has 7 nitrogen and oxygen atoms in total. The fourth-order valence-corrected chi connectivity index (χ4v) is 4.57. The predicted octanol–water partition coefficient (Wildman–Crippen LogP) is 2.31. The zero-order valence-electron chi connectivity index (χ0n) is 15.0. The molecule has 2 aromatic carbocycles. The molecule has 0 aliphatic carbocycles. The molecule has 146 valence electrons. The Morgan fingerprint density at radius 2 is 1.59 bits per heavy atom. The van der Waals surface area contributed by atoms with E-state index in [4.69, 9.17) is 17.3 Å². The van der Waals surface area contributed by atoms with Crippen molar-refractivity contribution >= 4 is 43.0 Å². The summed E-state index contributed by atoms with van der Waals surface area (Å²) in [7, 11) is -4.96. The Bertz CT molecular complexity index is 1080. The van der Waals surface area contributed by atoms with Gasteiger partial charge in [0.05, 0.1) is 26.3 Å². The lowest BCUT2D eigenvalue weighted by Crippen LogP contribution is -2.22. The maximum atomic E-state index is 13.0. The van der Waals surface area contributed by atoms with E-state index in [0.717, 1.165) is 9.87 Å². The minimum Gasteiger partial charge on any atom is -0.386 e. The lowest BCUT2D eigenvalue weighted by atomic mass is 10.2. The van der Waals surface area contributed by atoms with E-state index < -0.39 is 19.9 Å². The highest BCUT2D eigenvalue weighted by atomic mass is 35.5. The van der Waals surface area contributed by atoms with E-state index >= 15 is 0 Å². The Morgan fingerprint density at radius 1 is 1.04 bits per heavy atom. The number of alkyl halides is 1. The van der Waals surface area contributed by atoms with Gasteiger partial charge >= 0.3 is 0 Å². The molecular formula is C17H20ClN3O4S2. The molecule has 0 aromatic heterocycles. The van der Waals surface area contributed by atoms with Crippen LogP contribution in [0.2, 0.25) is 0 Å². The highest BCUT2D eigenvalue weighted by Crippen LogP contribution is 2.32. The number of amidine groups is 1. The smallest absolute Gasteiger partial charge is 0.242 e. The second-order valence-electron chi connectivity index (χ2n) is 5.97. The highest BCUT2D eigenvalue weighted by Gasteiger charge is 2.25. The van der Waals surface area contributed by atoms with Crippen LogP contribution in [0.5, 0.6) is 0 Å². The van der Waals surface area contributed by atoms with Crippen molar-refractivity contribution < 1.29 is 16.8 Å². The minimum atomic E-state index is -3.94. The largest absolute Gasteiger partial charge is 0.386 e. The van der Waals surface area contributed by atoms with Gasteiger partial charge < -0.3 is 5.73 Å². The Hall–Kier alpha value is -1.94. The monoisotopic (exact) mass is 429 g/mol. The van der Waals surface area contributed by atoms with E-state index in [1.807, 2.05) is 6.92 Å². The van der Waals surface area contributed by atoms with Crippen LogP contribution < -0.4 is 5.73 Å². The zero-order chi connectivity index (χ0) is 20.4. The molecule has 0 radical (unpaired) electrons.